The Labute approximate surface area is 174 Å². The first kappa shape index (κ1) is 21.1. The Morgan fingerprint density at radius 3 is 2.52 bits per heavy atom. The Hall–Kier alpha value is -2.64. The lowest BCUT2D eigenvalue weighted by Gasteiger charge is -2.35. The number of hydrogen-bond acceptors (Lipinski definition) is 5. The highest BCUT2D eigenvalue weighted by Crippen LogP contribution is 2.36. The average Bonchev–Trinajstić information content (AvgIpc) is 2.74. The molecule has 1 aliphatic rings. The first-order chi connectivity index (χ1) is 13.9. The van der Waals surface area contributed by atoms with Gasteiger partial charge in [-0.25, -0.2) is 0 Å². The largest absolute Gasteiger partial charge is 0.494 e. The van der Waals surface area contributed by atoms with E-state index in [-0.39, 0.29) is 28.3 Å². The number of nitro benzene ring substituents is 1. The fourth-order valence-electron chi connectivity index (χ4n) is 3.68. The van der Waals surface area contributed by atoms with Crippen LogP contribution in [0.3, 0.4) is 0 Å². The van der Waals surface area contributed by atoms with Crippen molar-refractivity contribution in [3.05, 3.63) is 63.2 Å². The highest BCUT2D eigenvalue weighted by atomic mass is 35.5. The van der Waals surface area contributed by atoms with Crippen LogP contribution in [0.1, 0.15) is 31.4 Å². The molecule has 1 fully saturated rings. The molecule has 29 heavy (non-hydrogen) atoms. The number of halogens is 1. The van der Waals surface area contributed by atoms with Crippen molar-refractivity contribution in [2.24, 2.45) is 5.92 Å². The topological polar surface area (TPSA) is 84.7 Å². The van der Waals surface area contributed by atoms with E-state index in [1.807, 2.05) is 18.2 Å². The van der Waals surface area contributed by atoms with Crippen molar-refractivity contribution in [1.29, 1.82) is 0 Å². The molecule has 3 rings (SSSR count). The number of carbonyl (C=O) groups is 1. The third-order valence-corrected chi connectivity index (χ3v) is 5.76. The van der Waals surface area contributed by atoms with Crippen LogP contribution in [0.5, 0.6) is 5.75 Å². The molecule has 0 bridgehead atoms. The summed E-state index contributed by atoms with van der Waals surface area (Å²) in [5, 5.41) is 13.8. The van der Waals surface area contributed by atoms with Crippen LogP contribution in [0.2, 0.25) is 5.02 Å². The van der Waals surface area contributed by atoms with Gasteiger partial charge < -0.3 is 10.1 Å². The number of methoxy groups -OCH3 is 1. The van der Waals surface area contributed by atoms with Crippen LogP contribution in [0, 0.1) is 16.0 Å². The summed E-state index contributed by atoms with van der Waals surface area (Å²) in [7, 11) is 1.39. The van der Waals surface area contributed by atoms with Crippen LogP contribution in [0.15, 0.2) is 42.5 Å². The molecule has 1 saturated heterocycles. The van der Waals surface area contributed by atoms with Crippen molar-refractivity contribution in [2.45, 2.75) is 25.8 Å². The number of nitro groups is 1. The van der Waals surface area contributed by atoms with Gasteiger partial charge in [-0.15, -0.1) is 0 Å². The summed E-state index contributed by atoms with van der Waals surface area (Å²) in [4.78, 5) is 25.6. The van der Waals surface area contributed by atoms with Gasteiger partial charge in [-0.1, -0.05) is 41.9 Å². The molecular weight excluding hydrogens is 394 g/mol. The van der Waals surface area contributed by atoms with Gasteiger partial charge in [0.15, 0.2) is 0 Å². The van der Waals surface area contributed by atoms with Crippen molar-refractivity contribution in [3.8, 4) is 5.75 Å². The molecule has 154 valence electrons. The summed E-state index contributed by atoms with van der Waals surface area (Å²) in [5.41, 5.74) is 1.35. The third kappa shape index (κ3) is 4.86. The van der Waals surface area contributed by atoms with E-state index in [0.29, 0.717) is 11.7 Å². The molecule has 1 N–H and O–H groups in total. The van der Waals surface area contributed by atoms with Crippen LogP contribution in [0.4, 0.5) is 11.4 Å². The van der Waals surface area contributed by atoms with Crippen LogP contribution in [-0.2, 0) is 4.79 Å². The first-order valence-corrected chi connectivity index (χ1v) is 9.90. The van der Waals surface area contributed by atoms with E-state index < -0.39 is 4.92 Å². The predicted molar refractivity (Wildman–Crippen MR) is 112 cm³/mol. The Bertz CT molecular complexity index is 883. The summed E-state index contributed by atoms with van der Waals surface area (Å²) in [5.74, 6) is -0.0438. The van der Waals surface area contributed by atoms with Crippen molar-refractivity contribution in [1.82, 2.24) is 4.90 Å². The molecule has 1 heterocycles. The molecule has 1 amide bonds. The highest BCUT2D eigenvalue weighted by molar-refractivity contribution is 6.33. The second-order valence-electron chi connectivity index (χ2n) is 7.15. The summed E-state index contributed by atoms with van der Waals surface area (Å²) in [6.07, 6.45) is 1.48. The van der Waals surface area contributed by atoms with Gasteiger partial charge in [0.1, 0.15) is 10.8 Å². The molecule has 7 nitrogen and oxygen atoms in total. The molecule has 8 heteroatoms. The normalized spacial score (nSPS) is 16.2. The number of nitrogens with one attached hydrogen (secondary N) is 1. The minimum atomic E-state index is -0.583. The van der Waals surface area contributed by atoms with Crippen molar-refractivity contribution < 1.29 is 14.5 Å². The fourth-order valence-corrected chi connectivity index (χ4v) is 3.91. The number of rotatable bonds is 6. The van der Waals surface area contributed by atoms with Gasteiger partial charge in [0, 0.05) is 12.0 Å². The molecule has 0 spiro atoms. The van der Waals surface area contributed by atoms with Crippen LogP contribution < -0.4 is 10.1 Å². The second-order valence-corrected chi connectivity index (χ2v) is 7.55. The maximum absolute atomic E-state index is 12.8. The van der Waals surface area contributed by atoms with Gasteiger partial charge in [-0.2, -0.15) is 0 Å². The summed E-state index contributed by atoms with van der Waals surface area (Å²) < 4.78 is 5.19. The summed E-state index contributed by atoms with van der Waals surface area (Å²) in [6.45, 7) is 3.83. The number of nitrogens with zero attached hydrogens (tertiary/aromatic N) is 2. The Balaban J connectivity index is 1.63. The lowest BCUT2D eigenvalue weighted by molar-refractivity contribution is -0.384. The average molecular weight is 418 g/mol. The molecule has 2 aromatic rings. The van der Waals surface area contributed by atoms with E-state index in [1.54, 1.807) is 0 Å². The quantitative estimate of drug-likeness (QED) is 0.545. The first-order valence-electron chi connectivity index (χ1n) is 9.52. The standard InChI is InChI=1S/C21H24ClN3O4/c1-14(15-6-4-3-5-7-15)24-10-8-16(9-11-24)21(26)23-18-12-17(22)19(25(27)28)13-20(18)29-2/h3-7,12-14,16H,8-11H2,1-2H3,(H,23,26). The fraction of sp³-hybridized carbons (Fsp3) is 0.381. The molecule has 1 atom stereocenters. The molecule has 1 unspecified atom stereocenters. The zero-order valence-corrected chi connectivity index (χ0v) is 17.2. The number of piperidine rings is 1. The maximum Gasteiger partial charge on any atom is 0.291 e. The summed E-state index contributed by atoms with van der Waals surface area (Å²) >= 11 is 5.98. The second kappa shape index (κ2) is 9.24. The van der Waals surface area contributed by atoms with Crippen LogP contribution in [-0.4, -0.2) is 35.9 Å². The minimum Gasteiger partial charge on any atom is -0.494 e. The molecule has 0 aromatic heterocycles. The van der Waals surface area contributed by atoms with Crippen molar-refractivity contribution in [3.63, 3.8) is 0 Å². The maximum atomic E-state index is 12.8. The SMILES string of the molecule is COc1cc([N+](=O)[O-])c(Cl)cc1NC(=O)C1CCN(C(C)c2ccccc2)CC1. The molecule has 0 radical (unpaired) electrons. The van der Waals surface area contributed by atoms with Crippen LogP contribution in [0.25, 0.3) is 0 Å². The van der Waals surface area contributed by atoms with E-state index >= 15 is 0 Å². The Morgan fingerprint density at radius 1 is 1.28 bits per heavy atom. The minimum absolute atomic E-state index is 0.0439. The number of hydrogen-bond donors (Lipinski definition) is 1. The van der Waals surface area contributed by atoms with E-state index in [4.69, 9.17) is 16.3 Å². The zero-order valence-electron chi connectivity index (χ0n) is 16.4. The lowest BCUT2D eigenvalue weighted by atomic mass is 9.93. The smallest absolute Gasteiger partial charge is 0.291 e. The number of amides is 1. The molecule has 1 aliphatic heterocycles. The monoisotopic (exact) mass is 417 g/mol. The predicted octanol–water partition coefficient (Wildman–Crippen LogP) is 4.67. The van der Waals surface area contributed by atoms with E-state index in [1.165, 1.54) is 24.8 Å². The molecular formula is C21H24ClN3O4. The van der Waals surface area contributed by atoms with Crippen molar-refractivity contribution in [2.75, 3.05) is 25.5 Å². The van der Waals surface area contributed by atoms with Crippen LogP contribution >= 0.6 is 11.6 Å². The Kier molecular flexibility index (Phi) is 6.71. The van der Waals surface area contributed by atoms with Gasteiger partial charge in [0.05, 0.1) is 23.8 Å². The van der Waals surface area contributed by atoms with E-state index in [2.05, 4.69) is 29.3 Å². The number of ether oxygens (including phenoxy) is 1. The van der Waals surface area contributed by atoms with E-state index in [0.717, 1.165) is 25.9 Å². The number of carbonyl (C=O) groups excluding carboxylic acids is 1. The lowest BCUT2D eigenvalue weighted by Crippen LogP contribution is -2.39. The van der Waals surface area contributed by atoms with Gasteiger partial charge in [-0.05, 0) is 44.5 Å². The number of likely N-dealkylation sites (tertiary alicyclic amines) is 1. The highest BCUT2D eigenvalue weighted by Gasteiger charge is 2.28. The van der Waals surface area contributed by atoms with Gasteiger partial charge in [0.2, 0.25) is 5.91 Å². The Morgan fingerprint density at radius 2 is 1.93 bits per heavy atom. The van der Waals surface area contributed by atoms with Gasteiger partial charge in [0.25, 0.3) is 5.69 Å². The number of anilines is 1. The molecule has 0 aliphatic carbocycles. The summed E-state index contributed by atoms with van der Waals surface area (Å²) in [6, 6.07) is 13.2. The van der Waals surface area contributed by atoms with Gasteiger partial charge >= 0.3 is 0 Å². The number of benzene rings is 2. The van der Waals surface area contributed by atoms with Crippen molar-refractivity contribution >= 4 is 28.9 Å². The third-order valence-electron chi connectivity index (χ3n) is 5.45. The van der Waals surface area contributed by atoms with E-state index in [9.17, 15) is 14.9 Å². The molecule has 2 aromatic carbocycles. The van der Waals surface area contributed by atoms with Gasteiger partial charge in [-0.3, -0.25) is 19.8 Å². The zero-order chi connectivity index (χ0) is 21.0. The molecule has 0 saturated carbocycles.